The molecule has 0 radical (unpaired) electrons. The van der Waals surface area contributed by atoms with Crippen LogP contribution in [0.15, 0.2) is 18.2 Å². The van der Waals surface area contributed by atoms with Crippen LogP contribution in [0.3, 0.4) is 0 Å². The molecule has 4 nitrogen and oxygen atoms in total. The molecule has 4 saturated carbocycles. The minimum absolute atomic E-state index is 0.0453. The Morgan fingerprint density at radius 1 is 1.11 bits per heavy atom. The van der Waals surface area contributed by atoms with E-state index in [0.717, 1.165) is 17.8 Å². The average molecular weight is 424 g/mol. The van der Waals surface area contributed by atoms with Gasteiger partial charge in [0.15, 0.2) is 6.61 Å². The van der Waals surface area contributed by atoms with Gasteiger partial charge in [0.25, 0.3) is 5.91 Å². The molecule has 1 atom stereocenters. The summed E-state index contributed by atoms with van der Waals surface area (Å²) in [4.78, 5) is 24.5. The number of benzene rings is 1. The van der Waals surface area contributed by atoms with Crippen molar-refractivity contribution in [3.05, 3.63) is 33.8 Å². The molecule has 0 aliphatic heterocycles. The standard InChI is InChI=1S/C22H27Cl2NO3/c1-13(22-9-14-5-15(10-22)7-16(6-14)11-22)25-20(26)12-28-21(27)8-17-18(23)3-2-4-19(17)24/h2-4,13-16H,5-12H2,1H3,(H,25,26)/t13-,14?,15?,16?,22?/m0/s1. The number of amides is 1. The molecule has 5 rings (SSSR count). The van der Waals surface area contributed by atoms with E-state index in [0.29, 0.717) is 15.6 Å². The number of rotatable bonds is 6. The van der Waals surface area contributed by atoms with Gasteiger partial charge in [0.2, 0.25) is 0 Å². The third kappa shape index (κ3) is 4.04. The van der Waals surface area contributed by atoms with Crippen molar-refractivity contribution >= 4 is 35.1 Å². The number of esters is 1. The van der Waals surface area contributed by atoms with Crippen LogP contribution < -0.4 is 5.32 Å². The average Bonchev–Trinajstić information content (AvgIpc) is 2.62. The first-order valence-corrected chi connectivity index (χ1v) is 11.0. The van der Waals surface area contributed by atoms with E-state index in [4.69, 9.17) is 27.9 Å². The fraction of sp³-hybridized carbons (Fsp3) is 0.636. The molecule has 0 heterocycles. The van der Waals surface area contributed by atoms with Crippen molar-refractivity contribution in [3.63, 3.8) is 0 Å². The molecule has 1 N–H and O–H groups in total. The van der Waals surface area contributed by atoms with Gasteiger partial charge in [-0.3, -0.25) is 9.59 Å². The smallest absolute Gasteiger partial charge is 0.310 e. The second-order valence-corrected chi connectivity index (χ2v) is 9.92. The Kier molecular flexibility index (Phi) is 5.63. The van der Waals surface area contributed by atoms with Gasteiger partial charge in [0.1, 0.15) is 0 Å². The highest BCUT2D eigenvalue weighted by Gasteiger charge is 2.53. The minimum atomic E-state index is -0.507. The van der Waals surface area contributed by atoms with E-state index in [9.17, 15) is 9.59 Å². The predicted octanol–water partition coefficient (Wildman–Crippen LogP) is 4.80. The lowest BCUT2D eigenvalue weighted by Gasteiger charge is -2.59. The predicted molar refractivity (Wildman–Crippen MR) is 109 cm³/mol. The van der Waals surface area contributed by atoms with Gasteiger partial charge < -0.3 is 10.1 Å². The molecule has 1 amide bonds. The molecule has 4 bridgehead atoms. The summed E-state index contributed by atoms with van der Waals surface area (Å²) in [5, 5.41) is 3.95. The highest BCUT2D eigenvalue weighted by Crippen LogP contribution is 2.61. The molecule has 0 aromatic heterocycles. The van der Waals surface area contributed by atoms with E-state index in [-0.39, 0.29) is 30.4 Å². The zero-order valence-corrected chi connectivity index (χ0v) is 17.7. The van der Waals surface area contributed by atoms with Crippen LogP contribution in [-0.4, -0.2) is 24.5 Å². The van der Waals surface area contributed by atoms with Gasteiger partial charge in [-0.05, 0) is 80.8 Å². The van der Waals surface area contributed by atoms with E-state index in [1.54, 1.807) is 18.2 Å². The monoisotopic (exact) mass is 423 g/mol. The van der Waals surface area contributed by atoms with Crippen molar-refractivity contribution < 1.29 is 14.3 Å². The van der Waals surface area contributed by atoms with Gasteiger partial charge in [-0.2, -0.15) is 0 Å². The molecule has 4 aliphatic carbocycles. The summed E-state index contributed by atoms with van der Waals surface area (Å²) in [5.74, 6) is 1.77. The van der Waals surface area contributed by atoms with E-state index in [1.165, 1.54) is 38.5 Å². The molecule has 152 valence electrons. The van der Waals surface area contributed by atoms with Crippen LogP contribution in [0.2, 0.25) is 10.0 Å². The Hall–Kier alpha value is -1.26. The number of nitrogens with one attached hydrogen (secondary N) is 1. The van der Waals surface area contributed by atoms with Crippen molar-refractivity contribution in [1.82, 2.24) is 5.32 Å². The highest BCUT2D eigenvalue weighted by molar-refractivity contribution is 6.36. The van der Waals surface area contributed by atoms with Gasteiger partial charge in [0, 0.05) is 21.7 Å². The van der Waals surface area contributed by atoms with Gasteiger partial charge >= 0.3 is 5.97 Å². The number of hydrogen-bond donors (Lipinski definition) is 1. The summed E-state index contributed by atoms with van der Waals surface area (Å²) in [6, 6.07) is 5.19. The van der Waals surface area contributed by atoms with Crippen molar-refractivity contribution in [2.75, 3.05) is 6.61 Å². The summed E-state index contributed by atoms with van der Waals surface area (Å²) < 4.78 is 5.17. The lowest BCUT2D eigenvalue weighted by Crippen LogP contribution is -2.56. The number of halogens is 2. The van der Waals surface area contributed by atoms with Crippen LogP contribution in [0.5, 0.6) is 0 Å². The number of carbonyl (C=O) groups is 2. The highest BCUT2D eigenvalue weighted by atomic mass is 35.5. The Morgan fingerprint density at radius 3 is 2.18 bits per heavy atom. The van der Waals surface area contributed by atoms with Gasteiger partial charge in [-0.15, -0.1) is 0 Å². The summed E-state index contributed by atoms with van der Waals surface area (Å²) >= 11 is 12.2. The van der Waals surface area contributed by atoms with E-state index >= 15 is 0 Å². The largest absolute Gasteiger partial charge is 0.455 e. The van der Waals surface area contributed by atoms with Crippen LogP contribution in [0.25, 0.3) is 0 Å². The molecule has 28 heavy (non-hydrogen) atoms. The first kappa shape index (κ1) is 20.0. The summed E-state index contributed by atoms with van der Waals surface area (Å²) in [5.41, 5.74) is 0.762. The minimum Gasteiger partial charge on any atom is -0.455 e. The summed E-state index contributed by atoms with van der Waals surface area (Å²) in [6.07, 6.45) is 7.77. The van der Waals surface area contributed by atoms with Crippen molar-refractivity contribution in [3.8, 4) is 0 Å². The Bertz CT molecular complexity index is 724. The van der Waals surface area contributed by atoms with Crippen LogP contribution in [0.4, 0.5) is 0 Å². The van der Waals surface area contributed by atoms with Crippen molar-refractivity contribution in [2.24, 2.45) is 23.2 Å². The van der Waals surface area contributed by atoms with Gasteiger partial charge in [-0.25, -0.2) is 0 Å². The maximum absolute atomic E-state index is 12.4. The SMILES string of the molecule is C[C@H](NC(=O)COC(=O)Cc1c(Cl)cccc1Cl)C12CC3CC(CC(C3)C1)C2. The normalized spacial score (nSPS) is 31.5. The molecule has 6 heteroatoms. The van der Waals surface area contributed by atoms with Crippen LogP contribution >= 0.6 is 23.2 Å². The van der Waals surface area contributed by atoms with Crippen molar-refractivity contribution in [2.45, 2.75) is 57.9 Å². The van der Waals surface area contributed by atoms with Crippen LogP contribution in [0, 0.1) is 23.2 Å². The molecular weight excluding hydrogens is 397 g/mol. The second-order valence-electron chi connectivity index (χ2n) is 9.11. The molecule has 0 unspecified atom stereocenters. The Morgan fingerprint density at radius 2 is 1.64 bits per heavy atom. The number of hydrogen-bond acceptors (Lipinski definition) is 3. The number of ether oxygens (including phenoxy) is 1. The third-order valence-electron chi connectivity index (χ3n) is 7.13. The fourth-order valence-electron chi connectivity index (χ4n) is 6.19. The zero-order valence-electron chi connectivity index (χ0n) is 16.2. The lowest BCUT2D eigenvalue weighted by molar-refractivity contribution is -0.148. The molecular formula is C22H27Cl2NO3. The van der Waals surface area contributed by atoms with Gasteiger partial charge in [-0.1, -0.05) is 29.3 Å². The van der Waals surface area contributed by atoms with Crippen LogP contribution in [-0.2, 0) is 20.7 Å². The van der Waals surface area contributed by atoms with Gasteiger partial charge in [0.05, 0.1) is 6.42 Å². The third-order valence-corrected chi connectivity index (χ3v) is 7.84. The van der Waals surface area contributed by atoms with E-state index < -0.39 is 5.97 Å². The lowest BCUT2D eigenvalue weighted by atomic mass is 9.48. The molecule has 4 aliphatic rings. The maximum Gasteiger partial charge on any atom is 0.310 e. The van der Waals surface area contributed by atoms with Crippen LogP contribution in [0.1, 0.15) is 51.0 Å². The molecule has 1 aromatic carbocycles. The van der Waals surface area contributed by atoms with E-state index in [2.05, 4.69) is 12.2 Å². The fourth-order valence-corrected chi connectivity index (χ4v) is 6.72. The molecule has 0 spiro atoms. The quantitative estimate of drug-likeness (QED) is 0.668. The zero-order chi connectivity index (χ0) is 19.9. The topological polar surface area (TPSA) is 55.4 Å². The molecule has 1 aromatic rings. The first-order valence-electron chi connectivity index (χ1n) is 10.2. The number of carbonyl (C=O) groups excluding carboxylic acids is 2. The first-order chi connectivity index (χ1) is 13.3. The van der Waals surface area contributed by atoms with Crippen molar-refractivity contribution in [1.29, 1.82) is 0 Å². The summed E-state index contributed by atoms with van der Waals surface area (Å²) in [6.45, 7) is 1.86. The van der Waals surface area contributed by atoms with E-state index in [1.807, 2.05) is 0 Å². The Balaban J connectivity index is 1.28. The summed E-state index contributed by atoms with van der Waals surface area (Å²) in [7, 11) is 0. The Labute approximate surface area is 176 Å². The molecule has 4 fully saturated rings. The molecule has 0 saturated heterocycles. The maximum atomic E-state index is 12.4. The second kappa shape index (κ2) is 7.87.